The molecule has 90 valence electrons. The van der Waals surface area contributed by atoms with E-state index in [2.05, 4.69) is 20.8 Å². The van der Waals surface area contributed by atoms with Crippen molar-refractivity contribution in [3.05, 3.63) is 35.4 Å². The second kappa shape index (κ2) is 4.98. The van der Waals surface area contributed by atoms with Crippen LogP contribution in [0.2, 0.25) is 0 Å². The Morgan fingerprint density at radius 1 is 1.19 bits per heavy atom. The molecule has 1 N–H and O–H groups in total. The van der Waals surface area contributed by atoms with Gasteiger partial charge in [-0.15, -0.1) is 0 Å². The average Bonchev–Trinajstić information content (AvgIpc) is 2.17. The van der Waals surface area contributed by atoms with Crippen molar-refractivity contribution in [3.8, 4) is 0 Å². The standard InChI is InChI=1S/C14H22O2/c1-10-8-6-7-9-11(10)12(15)13(16-5)14(2,3)4/h6-9,12-13,15H,1-5H3. The van der Waals surface area contributed by atoms with Crippen molar-refractivity contribution in [3.63, 3.8) is 0 Å². The normalized spacial score (nSPS) is 15.9. The zero-order chi connectivity index (χ0) is 12.3. The third kappa shape index (κ3) is 2.83. The molecule has 0 heterocycles. The van der Waals surface area contributed by atoms with Crippen LogP contribution < -0.4 is 0 Å². The van der Waals surface area contributed by atoms with Crippen LogP contribution in [0.4, 0.5) is 0 Å². The van der Waals surface area contributed by atoms with E-state index < -0.39 is 6.10 Å². The summed E-state index contributed by atoms with van der Waals surface area (Å²) in [5.74, 6) is 0. The van der Waals surface area contributed by atoms with Crippen molar-refractivity contribution in [1.82, 2.24) is 0 Å². The first-order valence-electron chi connectivity index (χ1n) is 5.64. The average molecular weight is 222 g/mol. The van der Waals surface area contributed by atoms with Gasteiger partial charge in [0.25, 0.3) is 0 Å². The molecule has 0 amide bonds. The largest absolute Gasteiger partial charge is 0.386 e. The first kappa shape index (κ1) is 13.2. The van der Waals surface area contributed by atoms with Gasteiger partial charge in [-0.25, -0.2) is 0 Å². The van der Waals surface area contributed by atoms with Crippen LogP contribution in [-0.4, -0.2) is 18.3 Å². The number of aliphatic hydroxyl groups excluding tert-OH is 1. The summed E-state index contributed by atoms with van der Waals surface area (Å²) in [6, 6.07) is 7.89. The number of benzene rings is 1. The number of aliphatic hydroxyl groups is 1. The molecular formula is C14H22O2. The van der Waals surface area contributed by atoms with Gasteiger partial charge in [0.15, 0.2) is 0 Å². The van der Waals surface area contributed by atoms with Crippen molar-refractivity contribution in [2.75, 3.05) is 7.11 Å². The van der Waals surface area contributed by atoms with Gasteiger partial charge in [-0.3, -0.25) is 0 Å². The van der Waals surface area contributed by atoms with E-state index in [9.17, 15) is 5.11 Å². The number of aryl methyl sites for hydroxylation is 1. The van der Waals surface area contributed by atoms with Gasteiger partial charge in [0, 0.05) is 7.11 Å². The Labute approximate surface area is 98.3 Å². The van der Waals surface area contributed by atoms with Crippen molar-refractivity contribution in [1.29, 1.82) is 0 Å². The Balaban J connectivity index is 3.01. The molecule has 0 radical (unpaired) electrons. The number of methoxy groups -OCH3 is 1. The molecule has 1 aromatic carbocycles. The second-order valence-corrected chi connectivity index (χ2v) is 5.32. The Kier molecular flexibility index (Phi) is 4.11. The van der Waals surface area contributed by atoms with Gasteiger partial charge in [-0.2, -0.15) is 0 Å². The van der Waals surface area contributed by atoms with Crippen molar-refractivity contribution >= 4 is 0 Å². The van der Waals surface area contributed by atoms with Gasteiger partial charge < -0.3 is 9.84 Å². The van der Waals surface area contributed by atoms with Crippen LogP contribution >= 0.6 is 0 Å². The zero-order valence-electron chi connectivity index (χ0n) is 10.8. The van der Waals surface area contributed by atoms with Crippen molar-refractivity contribution in [2.45, 2.75) is 39.9 Å². The van der Waals surface area contributed by atoms with E-state index in [1.54, 1.807) is 7.11 Å². The van der Waals surface area contributed by atoms with E-state index in [-0.39, 0.29) is 11.5 Å². The van der Waals surface area contributed by atoms with Gasteiger partial charge in [0.2, 0.25) is 0 Å². The minimum absolute atomic E-state index is 0.0869. The number of hydrogen-bond donors (Lipinski definition) is 1. The molecular weight excluding hydrogens is 200 g/mol. The molecule has 0 saturated carbocycles. The van der Waals surface area contributed by atoms with Crippen LogP contribution in [0.5, 0.6) is 0 Å². The van der Waals surface area contributed by atoms with Gasteiger partial charge >= 0.3 is 0 Å². The van der Waals surface area contributed by atoms with E-state index >= 15 is 0 Å². The lowest BCUT2D eigenvalue weighted by molar-refractivity contribution is -0.0726. The number of hydrogen-bond acceptors (Lipinski definition) is 2. The molecule has 1 rings (SSSR count). The molecule has 0 bridgehead atoms. The second-order valence-electron chi connectivity index (χ2n) is 5.32. The SMILES string of the molecule is COC(C(O)c1ccccc1C)C(C)(C)C. The van der Waals surface area contributed by atoms with E-state index in [0.717, 1.165) is 11.1 Å². The molecule has 2 atom stereocenters. The summed E-state index contributed by atoms with van der Waals surface area (Å²) >= 11 is 0. The summed E-state index contributed by atoms with van der Waals surface area (Å²) in [7, 11) is 1.65. The monoisotopic (exact) mass is 222 g/mol. The molecule has 16 heavy (non-hydrogen) atoms. The molecule has 0 fully saturated rings. The first-order chi connectivity index (χ1) is 7.38. The molecule has 0 aromatic heterocycles. The lowest BCUT2D eigenvalue weighted by atomic mass is 9.82. The maximum absolute atomic E-state index is 10.4. The molecule has 2 unspecified atom stereocenters. The summed E-state index contributed by atoms with van der Waals surface area (Å²) in [6.07, 6.45) is -0.778. The fraction of sp³-hybridized carbons (Fsp3) is 0.571. The Morgan fingerprint density at radius 2 is 1.75 bits per heavy atom. The molecule has 0 saturated heterocycles. The highest BCUT2D eigenvalue weighted by Crippen LogP contribution is 2.33. The molecule has 1 aromatic rings. The highest BCUT2D eigenvalue weighted by atomic mass is 16.5. The first-order valence-corrected chi connectivity index (χ1v) is 5.64. The predicted octanol–water partition coefficient (Wildman–Crippen LogP) is 3.09. The molecule has 0 aliphatic heterocycles. The van der Waals surface area contributed by atoms with E-state index in [1.165, 1.54) is 0 Å². The summed E-state index contributed by atoms with van der Waals surface area (Å²) in [4.78, 5) is 0. The lowest BCUT2D eigenvalue weighted by Crippen LogP contribution is -2.34. The Hall–Kier alpha value is -0.860. The molecule has 2 heteroatoms. The van der Waals surface area contributed by atoms with Crippen LogP contribution in [0.25, 0.3) is 0 Å². The minimum Gasteiger partial charge on any atom is -0.386 e. The molecule has 2 nitrogen and oxygen atoms in total. The van der Waals surface area contributed by atoms with Crippen LogP contribution in [0.15, 0.2) is 24.3 Å². The number of ether oxygens (including phenoxy) is 1. The minimum atomic E-state index is -0.578. The van der Waals surface area contributed by atoms with E-state index in [1.807, 2.05) is 31.2 Å². The summed E-state index contributed by atoms with van der Waals surface area (Å²) < 4.78 is 5.44. The van der Waals surface area contributed by atoms with E-state index in [0.29, 0.717) is 0 Å². The van der Waals surface area contributed by atoms with Crippen LogP contribution in [0.3, 0.4) is 0 Å². The van der Waals surface area contributed by atoms with Gasteiger partial charge in [0.1, 0.15) is 6.10 Å². The predicted molar refractivity (Wildman–Crippen MR) is 66.4 cm³/mol. The van der Waals surface area contributed by atoms with Crippen LogP contribution in [0, 0.1) is 12.3 Å². The van der Waals surface area contributed by atoms with Gasteiger partial charge in [0.05, 0.1) is 6.10 Å². The summed E-state index contributed by atoms with van der Waals surface area (Å²) in [5.41, 5.74) is 1.96. The Morgan fingerprint density at radius 3 is 2.19 bits per heavy atom. The highest BCUT2D eigenvalue weighted by molar-refractivity contribution is 5.28. The maximum atomic E-state index is 10.4. The smallest absolute Gasteiger partial charge is 0.106 e. The summed E-state index contributed by atoms with van der Waals surface area (Å²) in [5, 5.41) is 10.4. The Bertz CT molecular complexity index is 339. The maximum Gasteiger partial charge on any atom is 0.106 e. The molecule has 0 spiro atoms. The molecule has 0 aliphatic carbocycles. The van der Waals surface area contributed by atoms with Gasteiger partial charge in [-0.05, 0) is 23.5 Å². The van der Waals surface area contributed by atoms with Crippen molar-refractivity contribution in [2.24, 2.45) is 5.41 Å². The third-order valence-electron chi connectivity index (χ3n) is 2.90. The quantitative estimate of drug-likeness (QED) is 0.851. The zero-order valence-corrected chi connectivity index (χ0v) is 10.8. The molecule has 0 aliphatic rings. The van der Waals surface area contributed by atoms with E-state index in [4.69, 9.17) is 4.74 Å². The fourth-order valence-electron chi connectivity index (χ4n) is 2.04. The van der Waals surface area contributed by atoms with Crippen LogP contribution in [0.1, 0.15) is 38.0 Å². The van der Waals surface area contributed by atoms with Gasteiger partial charge in [-0.1, -0.05) is 45.0 Å². The highest BCUT2D eigenvalue weighted by Gasteiger charge is 2.32. The van der Waals surface area contributed by atoms with Crippen LogP contribution in [-0.2, 0) is 4.74 Å². The third-order valence-corrected chi connectivity index (χ3v) is 2.90. The summed E-state index contributed by atoms with van der Waals surface area (Å²) in [6.45, 7) is 8.22. The lowest BCUT2D eigenvalue weighted by Gasteiger charge is -2.33. The van der Waals surface area contributed by atoms with Crippen molar-refractivity contribution < 1.29 is 9.84 Å². The fourth-order valence-corrected chi connectivity index (χ4v) is 2.04. The number of rotatable bonds is 3. The topological polar surface area (TPSA) is 29.5 Å².